The summed E-state index contributed by atoms with van der Waals surface area (Å²) in [7, 11) is 0. The van der Waals surface area contributed by atoms with Gasteiger partial charge in [-0.2, -0.15) is 0 Å². The Bertz CT molecular complexity index is 1180. The number of hydrogen-bond acceptors (Lipinski definition) is 6. The summed E-state index contributed by atoms with van der Waals surface area (Å²) < 4.78 is 17.9. The van der Waals surface area contributed by atoms with Gasteiger partial charge in [-0.3, -0.25) is 4.79 Å². The quantitative estimate of drug-likeness (QED) is 0.727. The van der Waals surface area contributed by atoms with Crippen LogP contribution in [-0.4, -0.2) is 46.7 Å². The van der Waals surface area contributed by atoms with Crippen LogP contribution in [0.4, 0.5) is 0 Å². The average molecular weight is 441 g/mol. The summed E-state index contributed by atoms with van der Waals surface area (Å²) in [5, 5.41) is 10.1. The number of ether oxygens (including phenoxy) is 2. The molecule has 5 rings (SSSR count). The molecule has 1 fully saturated rings. The molecule has 0 spiro atoms. The van der Waals surface area contributed by atoms with Gasteiger partial charge < -0.3 is 23.9 Å². The molecular weight excluding hydrogens is 414 g/mol. The van der Waals surface area contributed by atoms with Crippen molar-refractivity contribution >= 4 is 22.8 Å². The summed E-state index contributed by atoms with van der Waals surface area (Å²) in [4.78, 5) is 38.2. The Morgan fingerprint density at radius 2 is 1.97 bits per heavy atom. The van der Waals surface area contributed by atoms with E-state index >= 15 is 0 Å². The maximum absolute atomic E-state index is 12.8. The molecule has 1 N–H and O–H groups in total. The lowest BCUT2D eigenvalue weighted by molar-refractivity contribution is -0.148. The number of benzene rings is 1. The molecule has 1 aromatic heterocycles. The highest BCUT2D eigenvalue weighted by Crippen LogP contribution is 2.44. The van der Waals surface area contributed by atoms with Gasteiger partial charge in [-0.15, -0.1) is 0 Å². The number of amides is 1. The first-order valence-electron chi connectivity index (χ1n) is 11.2. The van der Waals surface area contributed by atoms with Gasteiger partial charge in [-0.25, -0.2) is 9.59 Å². The fraction of sp³-hybridized carbons (Fsp3) is 0.542. The monoisotopic (exact) mass is 441 g/mol. The van der Waals surface area contributed by atoms with E-state index in [9.17, 15) is 19.5 Å². The van der Waals surface area contributed by atoms with E-state index in [2.05, 4.69) is 0 Å². The summed E-state index contributed by atoms with van der Waals surface area (Å²) >= 11 is 0. The van der Waals surface area contributed by atoms with E-state index in [4.69, 9.17) is 13.9 Å². The van der Waals surface area contributed by atoms with Gasteiger partial charge >= 0.3 is 11.6 Å². The molecule has 8 nitrogen and oxygen atoms in total. The van der Waals surface area contributed by atoms with Crippen molar-refractivity contribution in [3.05, 3.63) is 33.2 Å². The maximum atomic E-state index is 12.8. The Kier molecular flexibility index (Phi) is 4.91. The molecule has 2 aromatic rings. The Balaban J connectivity index is 1.55. The molecule has 0 unspecified atom stereocenters. The van der Waals surface area contributed by atoms with Gasteiger partial charge in [-0.05, 0) is 64.4 Å². The Morgan fingerprint density at radius 1 is 1.19 bits per heavy atom. The first-order valence-corrected chi connectivity index (χ1v) is 11.2. The Hall–Kier alpha value is -3.03. The van der Waals surface area contributed by atoms with Crippen molar-refractivity contribution < 1.29 is 28.6 Å². The van der Waals surface area contributed by atoms with E-state index in [0.717, 1.165) is 35.8 Å². The molecule has 1 atom stereocenters. The van der Waals surface area contributed by atoms with Crippen LogP contribution in [0.1, 0.15) is 56.2 Å². The van der Waals surface area contributed by atoms with Crippen LogP contribution in [0.3, 0.4) is 0 Å². The second-order valence-corrected chi connectivity index (χ2v) is 9.49. The van der Waals surface area contributed by atoms with Gasteiger partial charge in [-0.1, -0.05) is 0 Å². The van der Waals surface area contributed by atoms with Crippen LogP contribution < -0.4 is 15.1 Å². The highest BCUT2D eigenvalue weighted by Gasteiger charge is 2.35. The second-order valence-electron chi connectivity index (χ2n) is 9.49. The number of nitrogens with zero attached hydrogens (tertiary/aromatic N) is 1. The summed E-state index contributed by atoms with van der Waals surface area (Å²) in [6.45, 7) is 4.13. The van der Waals surface area contributed by atoms with Crippen LogP contribution in [0, 0.1) is 0 Å². The minimum atomic E-state index is -0.995. The summed E-state index contributed by atoms with van der Waals surface area (Å²) in [6.07, 6.45) is 4.90. The van der Waals surface area contributed by atoms with Crippen molar-refractivity contribution in [1.82, 2.24) is 4.90 Å². The van der Waals surface area contributed by atoms with E-state index in [1.54, 1.807) is 6.07 Å². The number of aryl methyl sites for hydroxylation is 2. The minimum absolute atomic E-state index is 0.283. The number of likely N-dealkylation sites (tertiary alicyclic amines) is 1. The lowest BCUT2D eigenvalue weighted by atomic mass is 9.91. The minimum Gasteiger partial charge on any atom is -0.487 e. The van der Waals surface area contributed by atoms with E-state index in [-0.39, 0.29) is 23.7 Å². The second kappa shape index (κ2) is 7.53. The molecule has 0 saturated carbocycles. The van der Waals surface area contributed by atoms with Crippen molar-refractivity contribution in [2.24, 2.45) is 0 Å². The molecule has 3 heterocycles. The first kappa shape index (κ1) is 20.8. The van der Waals surface area contributed by atoms with Crippen molar-refractivity contribution in [2.45, 2.75) is 70.4 Å². The van der Waals surface area contributed by atoms with Crippen LogP contribution >= 0.6 is 0 Å². The normalized spacial score (nSPS) is 21.2. The topological polar surface area (TPSA) is 106 Å². The van der Waals surface area contributed by atoms with E-state index < -0.39 is 12.0 Å². The van der Waals surface area contributed by atoms with Crippen LogP contribution in [-0.2, 0) is 28.9 Å². The zero-order valence-corrected chi connectivity index (χ0v) is 18.4. The number of rotatable bonds is 4. The molecule has 8 heteroatoms. The molecule has 1 saturated heterocycles. The lowest BCUT2D eigenvalue weighted by Gasteiger charge is -2.33. The standard InChI is InChI=1S/C24H27NO7/c1-24(2)9-8-15-17(32-24)11-18(20-13-5-3-6-14(13)23(29)31-21(15)20)30-12-19(26)25-10-4-7-16(25)22(27)28/h11,16H,3-10,12H2,1-2H3,(H,27,28)/t16-/m0/s1. The van der Waals surface area contributed by atoms with Gasteiger partial charge in [0.1, 0.15) is 28.7 Å². The molecule has 0 radical (unpaired) electrons. The van der Waals surface area contributed by atoms with Crippen molar-refractivity contribution in [3.63, 3.8) is 0 Å². The van der Waals surface area contributed by atoms with Crippen molar-refractivity contribution in [3.8, 4) is 11.5 Å². The summed E-state index contributed by atoms with van der Waals surface area (Å²) in [5.41, 5.74) is 2.26. The van der Waals surface area contributed by atoms with E-state index in [1.807, 2.05) is 13.8 Å². The number of carbonyl (C=O) groups excluding carboxylic acids is 1. The average Bonchev–Trinajstić information content (AvgIpc) is 3.41. The number of fused-ring (bicyclic) bond motifs is 5. The first-order chi connectivity index (χ1) is 15.2. The van der Waals surface area contributed by atoms with E-state index in [1.165, 1.54) is 4.90 Å². The number of carboxylic acids is 1. The molecule has 1 aromatic carbocycles. The molecule has 32 heavy (non-hydrogen) atoms. The Labute approximate surface area is 185 Å². The predicted molar refractivity (Wildman–Crippen MR) is 115 cm³/mol. The maximum Gasteiger partial charge on any atom is 0.339 e. The number of carboxylic acid groups (broad SMARTS) is 1. The number of carbonyl (C=O) groups is 2. The zero-order chi connectivity index (χ0) is 22.6. The molecule has 2 aliphatic heterocycles. The third-order valence-electron chi connectivity index (χ3n) is 6.84. The van der Waals surface area contributed by atoms with Gasteiger partial charge in [0.2, 0.25) is 0 Å². The smallest absolute Gasteiger partial charge is 0.339 e. The highest BCUT2D eigenvalue weighted by molar-refractivity contribution is 5.93. The predicted octanol–water partition coefficient (Wildman–Crippen LogP) is 2.84. The van der Waals surface area contributed by atoms with Gasteiger partial charge in [0.15, 0.2) is 6.61 Å². The third kappa shape index (κ3) is 3.42. The molecule has 1 aliphatic carbocycles. The fourth-order valence-electron chi connectivity index (χ4n) is 5.21. The van der Waals surface area contributed by atoms with E-state index in [0.29, 0.717) is 54.9 Å². The van der Waals surface area contributed by atoms with Crippen molar-refractivity contribution in [1.29, 1.82) is 0 Å². The number of aliphatic carboxylic acids is 1. The van der Waals surface area contributed by atoms with Crippen LogP contribution in [0.15, 0.2) is 15.3 Å². The SMILES string of the molecule is CC1(C)CCc2c(cc(OCC(=O)N3CCC[C@H]3C(=O)O)c3c4c(c(=O)oc23)CCC4)O1. The largest absolute Gasteiger partial charge is 0.487 e. The molecule has 3 aliphatic rings. The molecule has 170 valence electrons. The van der Waals surface area contributed by atoms with Crippen LogP contribution in [0.5, 0.6) is 11.5 Å². The number of hydrogen-bond donors (Lipinski definition) is 1. The highest BCUT2D eigenvalue weighted by atomic mass is 16.5. The molecule has 0 bridgehead atoms. The van der Waals surface area contributed by atoms with Crippen molar-refractivity contribution in [2.75, 3.05) is 13.2 Å². The summed E-state index contributed by atoms with van der Waals surface area (Å²) in [5.74, 6) is -0.319. The van der Waals surface area contributed by atoms with Gasteiger partial charge in [0.25, 0.3) is 5.91 Å². The zero-order valence-electron chi connectivity index (χ0n) is 18.4. The third-order valence-corrected chi connectivity index (χ3v) is 6.84. The van der Waals surface area contributed by atoms with Crippen LogP contribution in [0.2, 0.25) is 0 Å². The molecular formula is C24H27NO7. The fourth-order valence-corrected chi connectivity index (χ4v) is 5.21. The van der Waals surface area contributed by atoms with Crippen LogP contribution in [0.25, 0.3) is 11.0 Å². The van der Waals surface area contributed by atoms with Gasteiger partial charge in [0, 0.05) is 23.7 Å². The summed E-state index contributed by atoms with van der Waals surface area (Å²) in [6, 6.07) is 0.987. The molecule has 1 amide bonds. The van der Waals surface area contributed by atoms with Gasteiger partial charge in [0.05, 0.1) is 5.39 Å². The Morgan fingerprint density at radius 3 is 2.75 bits per heavy atom. The lowest BCUT2D eigenvalue weighted by Crippen LogP contribution is -2.42.